The Morgan fingerprint density at radius 2 is 0.771 bits per heavy atom. The molecule has 2 aliphatic rings. The van der Waals surface area contributed by atoms with Crippen molar-refractivity contribution in [2.45, 2.75) is 155 Å². The van der Waals surface area contributed by atoms with E-state index in [1.807, 2.05) is 104 Å². The molecule has 0 amide bonds. The first-order chi connectivity index (χ1) is 21.1. The zero-order chi connectivity index (χ0) is 34.0. The predicted molar refractivity (Wildman–Crippen MR) is 219 cm³/mol. The van der Waals surface area contributed by atoms with Crippen LogP contribution in [-0.2, 0) is 49.0 Å². The van der Waals surface area contributed by atoms with Crippen LogP contribution in [0.25, 0.3) is 0 Å². The van der Waals surface area contributed by atoms with E-state index in [1.165, 1.54) is 29.5 Å². The largest absolute Gasteiger partial charge is 0.184 e. The molecule has 269 valence electrons. The maximum absolute atomic E-state index is 2.93. The van der Waals surface area contributed by atoms with Crippen LogP contribution in [0.1, 0.15) is 157 Å². The van der Waals surface area contributed by atoms with Crippen LogP contribution in [0.15, 0.2) is 91.0 Å². The van der Waals surface area contributed by atoms with Crippen molar-refractivity contribution in [2.24, 2.45) is 0 Å². The molecule has 0 heterocycles. The van der Waals surface area contributed by atoms with Crippen LogP contribution in [0.3, 0.4) is 0 Å². The van der Waals surface area contributed by atoms with Crippen molar-refractivity contribution in [1.82, 2.24) is 0 Å². The summed E-state index contributed by atoms with van der Waals surface area (Å²) in [7, 11) is 0. The number of aryl methyl sites for hydroxylation is 3. The van der Waals surface area contributed by atoms with Crippen LogP contribution < -0.4 is 0 Å². The van der Waals surface area contributed by atoms with Crippen molar-refractivity contribution in [3.8, 4) is 0 Å². The molecule has 0 saturated heterocycles. The van der Waals surface area contributed by atoms with E-state index in [9.17, 15) is 0 Å². The summed E-state index contributed by atoms with van der Waals surface area (Å²) in [6.07, 6.45) is 2.47. The van der Waals surface area contributed by atoms with E-state index in [-0.39, 0.29) is 71.2 Å². The van der Waals surface area contributed by atoms with E-state index in [2.05, 4.69) is 103 Å². The van der Waals surface area contributed by atoms with Gasteiger partial charge in [0.05, 0.1) is 0 Å². The van der Waals surface area contributed by atoms with Gasteiger partial charge in [-0.15, -0.1) is 0 Å². The second-order valence-electron chi connectivity index (χ2n) is 12.0. The first-order valence-corrected chi connectivity index (χ1v) is 17.1. The molecule has 0 aliphatic heterocycles. The van der Waals surface area contributed by atoms with E-state index >= 15 is 0 Å². The zero-order valence-corrected chi connectivity index (χ0v) is 34.5. The van der Waals surface area contributed by atoms with Gasteiger partial charge in [-0.05, 0) is 52.8 Å². The maximum Gasteiger partial charge on any atom is 0.0225 e. The summed E-state index contributed by atoms with van der Waals surface area (Å²) in [6.45, 7) is 32.0. The molecule has 1 radical (unpaired) electrons. The average molecular weight is 730 g/mol. The molecule has 48 heavy (non-hydrogen) atoms. The third kappa shape index (κ3) is 14.8. The van der Waals surface area contributed by atoms with Crippen molar-refractivity contribution < 1.29 is 32.7 Å². The first kappa shape index (κ1) is 55.4. The van der Waals surface area contributed by atoms with Gasteiger partial charge in [0, 0.05) is 38.1 Å². The fourth-order valence-corrected chi connectivity index (χ4v) is 6.36. The number of benzene rings is 4. The van der Waals surface area contributed by atoms with E-state index < -0.39 is 0 Å². The minimum absolute atomic E-state index is 0. The molecule has 6 rings (SSSR count). The first-order valence-electron chi connectivity index (χ1n) is 17.1. The van der Waals surface area contributed by atoms with Gasteiger partial charge in [-0.25, -0.2) is 0 Å². The standard InChI is InChI=1S/C22H26.2C7H7.4C2H6.3CH4.Y/c1-15-10-11-17-19(12-15)22(14-21(17,4)5)13-20(2,3)16-8-6-7-9-18(16)22;2*1-7-5-3-2-4-6-7;4*1-2;;;;/h6-12H,13-14H2,1-5H3;2*3-6H,1H3;4*1-2H3;3*1H4;/q;2*-1;;;;;;;;. The molecule has 0 N–H and O–H groups in total. The van der Waals surface area contributed by atoms with Crippen LogP contribution in [0.4, 0.5) is 0 Å². The fourth-order valence-electron chi connectivity index (χ4n) is 6.36. The molecule has 1 spiro atoms. The topological polar surface area (TPSA) is 0 Å². The van der Waals surface area contributed by atoms with Crippen LogP contribution >= 0.6 is 0 Å². The van der Waals surface area contributed by atoms with Gasteiger partial charge in [0.25, 0.3) is 0 Å². The Bertz CT molecular complexity index is 1260. The van der Waals surface area contributed by atoms with Crippen LogP contribution in [0, 0.1) is 32.9 Å². The van der Waals surface area contributed by atoms with Crippen molar-refractivity contribution in [1.29, 1.82) is 0 Å². The van der Waals surface area contributed by atoms with Gasteiger partial charge >= 0.3 is 0 Å². The van der Waals surface area contributed by atoms with Crippen LogP contribution in [0.5, 0.6) is 0 Å². The molecule has 0 bridgehead atoms. The molecule has 0 fully saturated rings. The van der Waals surface area contributed by atoms with Crippen LogP contribution in [-0.4, -0.2) is 0 Å². The van der Waals surface area contributed by atoms with Gasteiger partial charge in [-0.1, -0.05) is 167 Å². The number of hydrogen-bond donors (Lipinski definition) is 0. The summed E-state index contributed by atoms with van der Waals surface area (Å²) in [5.74, 6) is 0. The Balaban J connectivity index is -0.000000199. The fraction of sp³-hybridized carbons (Fsp3) is 0.489. The van der Waals surface area contributed by atoms with Crippen molar-refractivity contribution in [2.75, 3.05) is 0 Å². The minimum Gasteiger partial charge on any atom is -0.184 e. The van der Waals surface area contributed by atoms with Gasteiger partial charge in [-0.2, -0.15) is 71.8 Å². The molecular formula is C47H76Y-2. The SMILES string of the molecule is C.C.C.CC.CC.CC.CC.Cc1cc[c-]cc1.Cc1cc[c-]cc1.Cc1ccc2c(c1)C1(CC(C)(C)c3ccccc31)CC2(C)C.[Y]. The van der Waals surface area contributed by atoms with E-state index in [4.69, 9.17) is 0 Å². The van der Waals surface area contributed by atoms with Gasteiger partial charge in [-0.3, -0.25) is 0 Å². The van der Waals surface area contributed by atoms with E-state index in [0.29, 0.717) is 0 Å². The monoisotopic (exact) mass is 730 g/mol. The Kier molecular flexibility index (Phi) is 32.0. The Labute approximate surface area is 327 Å². The normalized spacial score (nSPS) is 15.4. The third-order valence-corrected chi connectivity index (χ3v) is 7.85. The van der Waals surface area contributed by atoms with Gasteiger partial charge in [0.1, 0.15) is 0 Å². The molecule has 2 aliphatic carbocycles. The molecule has 0 saturated carbocycles. The van der Waals surface area contributed by atoms with E-state index in [1.54, 1.807) is 22.3 Å². The Morgan fingerprint density at radius 3 is 1.10 bits per heavy atom. The molecular weight excluding hydrogens is 653 g/mol. The Hall–Kier alpha value is -2.02. The second kappa shape index (κ2) is 27.8. The summed E-state index contributed by atoms with van der Waals surface area (Å²) >= 11 is 0. The average Bonchev–Trinajstić information content (AvgIpc) is 3.42. The number of hydrogen-bond acceptors (Lipinski definition) is 0. The molecule has 4 aromatic carbocycles. The molecule has 1 atom stereocenters. The molecule has 1 unspecified atom stereocenters. The van der Waals surface area contributed by atoms with Gasteiger partial charge in [0.15, 0.2) is 0 Å². The van der Waals surface area contributed by atoms with Gasteiger partial charge < -0.3 is 0 Å². The summed E-state index contributed by atoms with van der Waals surface area (Å²) in [4.78, 5) is 0. The molecule has 0 nitrogen and oxygen atoms in total. The van der Waals surface area contributed by atoms with E-state index in [0.717, 1.165) is 0 Å². The van der Waals surface area contributed by atoms with Crippen molar-refractivity contribution >= 4 is 0 Å². The third-order valence-electron chi connectivity index (χ3n) is 7.85. The van der Waals surface area contributed by atoms with Crippen molar-refractivity contribution in [3.63, 3.8) is 0 Å². The zero-order valence-electron chi connectivity index (χ0n) is 31.7. The van der Waals surface area contributed by atoms with Crippen molar-refractivity contribution in [3.05, 3.63) is 142 Å². The maximum atomic E-state index is 2.93. The summed E-state index contributed by atoms with van der Waals surface area (Å²) < 4.78 is 0. The quantitative estimate of drug-likeness (QED) is 0.158. The predicted octanol–water partition coefficient (Wildman–Crippen LogP) is 15.2. The Morgan fingerprint density at radius 1 is 0.438 bits per heavy atom. The molecule has 0 aromatic heterocycles. The smallest absolute Gasteiger partial charge is 0.0225 e. The summed E-state index contributed by atoms with van der Waals surface area (Å²) in [6, 6.07) is 37.9. The molecule has 1 heteroatoms. The summed E-state index contributed by atoms with van der Waals surface area (Å²) in [5.41, 5.74) is 11.0. The van der Waals surface area contributed by atoms with Gasteiger partial charge in [0.2, 0.25) is 0 Å². The van der Waals surface area contributed by atoms with Crippen LogP contribution in [0.2, 0.25) is 0 Å². The number of rotatable bonds is 0. The summed E-state index contributed by atoms with van der Waals surface area (Å²) in [5, 5.41) is 0. The second-order valence-corrected chi connectivity index (χ2v) is 12.0. The minimum atomic E-state index is 0. The number of fused-ring (bicyclic) bond motifs is 4. The molecule has 4 aromatic rings.